The molecule has 0 radical (unpaired) electrons. The van der Waals surface area contributed by atoms with E-state index in [9.17, 15) is 43.2 Å². The molecule has 0 aliphatic heterocycles. The van der Waals surface area contributed by atoms with Crippen molar-refractivity contribution in [1.82, 2.24) is 0 Å². The van der Waals surface area contributed by atoms with Crippen LogP contribution in [0.2, 0.25) is 0 Å². The number of aliphatic hydroxyl groups excluding tert-OH is 1. The van der Waals surface area contributed by atoms with Crippen molar-refractivity contribution in [3.63, 3.8) is 0 Å². The van der Waals surface area contributed by atoms with E-state index in [0.29, 0.717) is 25.7 Å². The average molecular weight is 1340 g/mol. The molecule has 540 valence electrons. The molecule has 19 heteroatoms. The summed E-state index contributed by atoms with van der Waals surface area (Å²) in [5, 5.41) is 10.6. The summed E-state index contributed by atoms with van der Waals surface area (Å²) >= 11 is 0. The maximum absolute atomic E-state index is 13.0. The number of phosphoric acid groups is 2. The minimum absolute atomic E-state index is 0.106. The predicted octanol–water partition coefficient (Wildman–Crippen LogP) is 20.9. The molecule has 0 fully saturated rings. The SMILES string of the molecule is CCCCCCCCCCCCCCCCCCCC(=O)O[C@H](COC(=O)CCCCCCCCCCCCCCCCC)COP(=O)(O)OC[C@@H](O)COP(=O)(O)OC[C@@H](COC(=O)CCCCCCC)OC(=O)CCCCCCCCCCCCCC(C)C. The predicted molar refractivity (Wildman–Crippen MR) is 368 cm³/mol. The molecular weight excluding hydrogens is 1200 g/mol. The second-order valence-corrected chi connectivity index (χ2v) is 29.4. The zero-order chi connectivity index (χ0) is 67.0. The van der Waals surface area contributed by atoms with Gasteiger partial charge in [0.2, 0.25) is 0 Å². The first kappa shape index (κ1) is 89.1. The lowest BCUT2D eigenvalue weighted by molar-refractivity contribution is -0.161. The lowest BCUT2D eigenvalue weighted by Gasteiger charge is -2.21. The van der Waals surface area contributed by atoms with Crippen LogP contribution in [0, 0.1) is 5.92 Å². The summed E-state index contributed by atoms with van der Waals surface area (Å²) in [5.74, 6) is -1.36. The molecule has 0 saturated heterocycles. The molecule has 0 rings (SSSR count). The Hall–Kier alpha value is -1.94. The van der Waals surface area contributed by atoms with E-state index >= 15 is 0 Å². The molecule has 0 bridgehead atoms. The first-order valence-corrected chi connectivity index (χ1v) is 40.6. The molecule has 0 amide bonds. The molecular formula is C72H140O17P2. The zero-order valence-corrected chi connectivity index (χ0v) is 60.8. The Morgan fingerprint density at radius 2 is 0.505 bits per heavy atom. The smallest absolute Gasteiger partial charge is 0.462 e. The number of aliphatic hydroxyl groups is 1. The quantitative estimate of drug-likeness (QED) is 0.0222. The molecule has 0 saturated carbocycles. The van der Waals surface area contributed by atoms with Crippen LogP contribution in [-0.2, 0) is 65.4 Å². The molecule has 0 aromatic heterocycles. The summed E-state index contributed by atoms with van der Waals surface area (Å²) < 4.78 is 68.2. The highest BCUT2D eigenvalue weighted by Gasteiger charge is 2.30. The van der Waals surface area contributed by atoms with Crippen LogP contribution in [0.1, 0.15) is 375 Å². The van der Waals surface area contributed by atoms with Gasteiger partial charge in [-0.3, -0.25) is 37.3 Å². The van der Waals surface area contributed by atoms with Crippen LogP contribution in [0.3, 0.4) is 0 Å². The van der Waals surface area contributed by atoms with E-state index < -0.39 is 97.5 Å². The molecule has 0 aliphatic rings. The third kappa shape index (κ3) is 66.5. The van der Waals surface area contributed by atoms with Crippen LogP contribution in [0.15, 0.2) is 0 Å². The van der Waals surface area contributed by atoms with Crippen LogP contribution in [0.5, 0.6) is 0 Å². The summed E-state index contributed by atoms with van der Waals surface area (Å²) in [6.07, 6.45) is 53.1. The third-order valence-electron chi connectivity index (χ3n) is 16.8. The van der Waals surface area contributed by atoms with Gasteiger partial charge in [0.25, 0.3) is 0 Å². The maximum Gasteiger partial charge on any atom is 0.472 e. The molecule has 0 aliphatic carbocycles. The van der Waals surface area contributed by atoms with Gasteiger partial charge < -0.3 is 33.8 Å². The Bertz CT molecular complexity index is 1750. The number of carbonyl (C=O) groups is 4. The van der Waals surface area contributed by atoms with E-state index in [0.717, 1.165) is 102 Å². The zero-order valence-electron chi connectivity index (χ0n) is 59.0. The molecule has 0 heterocycles. The fourth-order valence-electron chi connectivity index (χ4n) is 11.0. The van der Waals surface area contributed by atoms with Gasteiger partial charge in [0.15, 0.2) is 12.2 Å². The molecule has 2 unspecified atom stereocenters. The Morgan fingerprint density at radius 3 is 0.747 bits per heavy atom. The Labute approximate surface area is 556 Å². The van der Waals surface area contributed by atoms with Gasteiger partial charge in [-0.15, -0.1) is 0 Å². The van der Waals surface area contributed by atoms with Crippen molar-refractivity contribution in [3.05, 3.63) is 0 Å². The van der Waals surface area contributed by atoms with E-state index in [1.807, 2.05) is 0 Å². The Balaban J connectivity index is 5.15. The van der Waals surface area contributed by atoms with Gasteiger partial charge in [-0.05, 0) is 31.6 Å². The van der Waals surface area contributed by atoms with Crippen molar-refractivity contribution < 1.29 is 80.2 Å². The summed E-state index contributed by atoms with van der Waals surface area (Å²) in [4.78, 5) is 72.4. The molecule has 91 heavy (non-hydrogen) atoms. The normalized spacial score (nSPS) is 14.0. The lowest BCUT2D eigenvalue weighted by Crippen LogP contribution is -2.30. The Kier molecular flexibility index (Phi) is 64.0. The lowest BCUT2D eigenvalue weighted by atomic mass is 10.0. The van der Waals surface area contributed by atoms with E-state index in [-0.39, 0.29) is 25.7 Å². The Morgan fingerprint density at radius 1 is 0.297 bits per heavy atom. The van der Waals surface area contributed by atoms with Crippen molar-refractivity contribution in [2.75, 3.05) is 39.6 Å². The van der Waals surface area contributed by atoms with Gasteiger partial charge in [0.05, 0.1) is 26.4 Å². The van der Waals surface area contributed by atoms with Crippen molar-refractivity contribution in [2.45, 2.75) is 393 Å². The third-order valence-corrected chi connectivity index (χ3v) is 18.7. The first-order chi connectivity index (χ1) is 44.0. The van der Waals surface area contributed by atoms with Gasteiger partial charge in [0, 0.05) is 25.7 Å². The van der Waals surface area contributed by atoms with Crippen molar-refractivity contribution in [2.24, 2.45) is 5.92 Å². The summed E-state index contributed by atoms with van der Waals surface area (Å²) in [6, 6.07) is 0. The van der Waals surface area contributed by atoms with Gasteiger partial charge >= 0.3 is 39.5 Å². The first-order valence-electron chi connectivity index (χ1n) is 37.6. The molecule has 17 nitrogen and oxygen atoms in total. The monoisotopic (exact) mass is 1340 g/mol. The van der Waals surface area contributed by atoms with Crippen molar-refractivity contribution in [1.29, 1.82) is 0 Å². The van der Waals surface area contributed by atoms with Gasteiger partial charge in [-0.2, -0.15) is 0 Å². The summed E-state index contributed by atoms with van der Waals surface area (Å²) in [6.45, 7) is 7.18. The van der Waals surface area contributed by atoms with Gasteiger partial charge in [-0.1, -0.05) is 324 Å². The number of carbonyl (C=O) groups excluding carboxylic acids is 4. The molecule has 0 aromatic rings. The van der Waals surface area contributed by atoms with Crippen LogP contribution >= 0.6 is 15.6 Å². The van der Waals surface area contributed by atoms with Gasteiger partial charge in [-0.25, -0.2) is 9.13 Å². The summed E-state index contributed by atoms with van der Waals surface area (Å²) in [7, 11) is -9.89. The molecule has 0 aromatic carbocycles. The number of ether oxygens (including phenoxy) is 4. The molecule has 3 N–H and O–H groups in total. The number of hydrogen-bond donors (Lipinski definition) is 3. The number of hydrogen-bond acceptors (Lipinski definition) is 15. The van der Waals surface area contributed by atoms with E-state index in [2.05, 4.69) is 34.6 Å². The topological polar surface area (TPSA) is 237 Å². The van der Waals surface area contributed by atoms with Crippen molar-refractivity contribution in [3.8, 4) is 0 Å². The van der Waals surface area contributed by atoms with Crippen LogP contribution in [0.4, 0.5) is 0 Å². The second kappa shape index (κ2) is 65.4. The second-order valence-electron chi connectivity index (χ2n) is 26.5. The number of unbranched alkanes of at least 4 members (excludes halogenated alkanes) is 44. The fourth-order valence-corrected chi connectivity index (χ4v) is 12.6. The van der Waals surface area contributed by atoms with E-state index in [4.69, 9.17) is 37.0 Å². The average Bonchev–Trinajstić information content (AvgIpc) is 3.58. The largest absolute Gasteiger partial charge is 0.472 e. The van der Waals surface area contributed by atoms with Crippen LogP contribution in [0.25, 0.3) is 0 Å². The molecule has 0 spiro atoms. The highest BCUT2D eigenvalue weighted by molar-refractivity contribution is 7.47. The van der Waals surface area contributed by atoms with Gasteiger partial charge in [0.1, 0.15) is 19.3 Å². The molecule has 5 atom stereocenters. The van der Waals surface area contributed by atoms with E-state index in [1.165, 1.54) is 193 Å². The standard InChI is InChI=1S/C72H140O17P2/c1-6-9-12-15-17-19-21-23-25-26-28-30-34-38-42-47-52-57-72(77)89-68(62-83-70(75)56-51-46-41-37-33-29-27-24-22-20-18-16-13-10-7-2)64-87-91(80,81)85-60-66(73)59-84-90(78,79)86-63-67(61-82-69(74)55-50-44-14-11-8-3)88-71(76)58-53-48-43-39-35-31-32-36-40-45-49-54-65(4)5/h65-68,73H,6-64H2,1-5H3,(H,78,79)(H,80,81)/t66-,67+,68+/m0/s1. The highest BCUT2D eigenvalue weighted by atomic mass is 31.2. The number of rotatable bonds is 72. The minimum Gasteiger partial charge on any atom is -0.462 e. The number of phosphoric ester groups is 2. The minimum atomic E-state index is -4.95. The van der Waals surface area contributed by atoms with Crippen molar-refractivity contribution >= 4 is 39.5 Å². The summed E-state index contributed by atoms with van der Waals surface area (Å²) in [5.41, 5.74) is 0. The fraction of sp³-hybridized carbons (Fsp3) is 0.944. The van der Waals surface area contributed by atoms with Crippen LogP contribution in [-0.4, -0.2) is 96.7 Å². The highest BCUT2D eigenvalue weighted by Crippen LogP contribution is 2.45. The number of esters is 4. The van der Waals surface area contributed by atoms with Crippen LogP contribution < -0.4 is 0 Å². The van der Waals surface area contributed by atoms with E-state index in [1.54, 1.807) is 0 Å². The maximum atomic E-state index is 13.0.